The Bertz CT molecular complexity index is 852. The lowest BCUT2D eigenvalue weighted by atomic mass is 10.2. The van der Waals surface area contributed by atoms with Crippen LogP contribution in [0.5, 0.6) is 11.5 Å². The van der Waals surface area contributed by atoms with Crippen LogP contribution in [0.25, 0.3) is 0 Å². The summed E-state index contributed by atoms with van der Waals surface area (Å²) < 4.78 is 38.1. The molecule has 0 saturated heterocycles. The zero-order valence-corrected chi connectivity index (χ0v) is 16.1. The standard InChI is InChI=1S/C19H24N2O4S/c1-4-21-14-16(25-19-8-6-5-7-18(19)21)13-20(2)26(22,23)17-11-9-15(24-3)10-12-17/h5-12,16H,4,13-14H2,1-3H3. The Morgan fingerprint density at radius 1 is 1.19 bits per heavy atom. The van der Waals surface area contributed by atoms with E-state index >= 15 is 0 Å². The van der Waals surface area contributed by atoms with Gasteiger partial charge in [-0.1, -0.05) is 12.1 Å². The number of hydrogen-bond acceptors (Lipinski definition) is 5. The number of benzene rings is 2. The lowest BCUT2D eigenvalue weighted by molar-refractivity contribution is 0.171. The highest BCUT2D eigenvalue weighted by atomic mass is 32.2. The molecule has 0 saturated carbocycles. The van der Waals surface area contributed by atoms with Gasteiger partial charge in [-0.05, 0) is 43.3 Å². The van der Waals surface area contributed by atoms with Crippen LogP contribution in [-0.2, 0) is 10.0 Å². The molecule has 0 fully saturated rings. The Kier molecular flexibility index (Phi) is 5.38. The van der Waals surface area contributed by atoms with E-state index in [1.165, 1.54) is 4.31 Å². The zero-order chi connectivity index (χ0) is 18.7. The van der Waals surface area contributed by atoms with Crippen LogP contribution >= 0.6 is 0 Å². The lowest BCUT2D eigenvalue weighted by Gasteiger charge is -2.36. The fourth-order valence-electron chi connectivity index (χ4n) is 3.09. The largest absolute Gasteiger partial charge is 0.497 e. The molecule has 7 heteroatoms. The van der Waals surface area contributed by atoms with E-state index < -0.39 is 10.0 Å². The molecule has 0 radical (unpaired) electrons. The van der Waals surface area contributed by atoms with E-state index in [4.69, 9.17) is 9.47 Å². The van der Waals surface area contributed by atoms with Crippen LogP contribution in [0.1, 0.15) is 6.92 Å². The molecule has 3 rings (SSSR count). The molecule has 1 aliphatic rings. The van der Waals surface area contributed by atoms with Crippen molar-refractivity contribution < 1.29 is 17.9 Å². The van der Waals surface area contributed by atoms with E-state index in [9.17, 15) is 8.42 Å². The number of hydrogen-bond donors (Lipinski definition) is 0. The van der Waals surface area contributed by atoms with Gasteiger partial charge in [0.2, 0.25) is 10.0 Å². The number of nitrogens with zero attached hydrogens (tertiary/aromatic N) is 2. The average molecular weight is 376 g/mol. The predicted octanol–water partition coefficient (Wildman–Crippen LogP) is 2.60. The third-order valence-electron chi connectivity index (χ3n) is 4.53. The van der Waals surface area contributed by atoms with Gasteiger partial charge in [0.05, 0.1) is 30.8 Å². The number of likely N-dealkylation sites (N-methyl/N-ethyl adjacent to an activating group) is 2. The van der Waals surface area contributed by atoms with Crippen molar-refractivity contribution in [1.29, 1.82) is 0 Å². The quantitative estimate of drug-likeness (QED) is 0.776. The van der Waals surface area contributed by atoms with Gasteiger partial charge in [0.25, 0.3) is 0 Å². The number of fused-ring (bicyclic) bond motifs is 1. The number of rotatable bonds is 6. The van der Waals surface area contributed by atoms with Crippen molar-refractivity contribution in [3.63, 3.8) is 0 Å². The van der Waals surface area contributed by atoms with Crippen molar-refractivity contribution in [1.82, 2.24) is 4.31 Å². The maximum Gasteiger partial charge on any atom is 0.242 e. The Morgan fingerprint density at radius 3 is 2.54 bits per heavy atom. The highest BCUT2D eigenvalue weighted by Gasteiger charge is 2.29. The van der Waals surface area contributed by atoms with Crippen LogP contribution in [-0.4, -0.2) is 52.6 Å². The van der Waals surface area contributed by atoms with E-state index in [-0.39, 0.29) is 17.5 Å². The lowest BCUT2D eigenvalue weighted by Crippen LogP contribution is -2.46. The zero-order valence-electron chi connectivity index (χ0n) is 15.3. The molecule has 2 aromatic rings. The van der Waals surface area contributed by atoms with Crippen molar-refractivity contribution in [2.45, 2.75) is 17.9 Å². The molecule has 0 amide bonds. The number of sulfonamides is 1. The van der Waals surface area contributed by atoms with E-state index in [0.29, 0.717) is 12.3 Å². The highest BCUT2D eigenvalue weighted by Crippen LogP contribution is 2.33. The SMILES string of the molecule is CCN1CC(CN(C)S(=O)(=O)c2ccc(OC)cc2)Oc2ccccc21. The van der Waals surface area contributed by atoms with Crippen LogP contribution in [0, 0.1) is 0 Å². The maximum atomic E-state index is 12.8. The minimum atomic E-state index is -3.59. The molecule has 140 valence electrons. The molecule has 1 atom stereocenters. The fraction of sp³-hybridized carbons (Fsp3) is 0.368. The molecule has 0 bridgehead atoms. The minimum Gasteiger partial charge on any atom is -0.497 e. The second-order valence-electron chi connectivity index (χ2n) is 6.21. The number of ether oxygens (including phenoxy) is 2. The molecule has 0 spiro atoms. The van der Waals surface area contributed by atoms with Gasteiger partial charge >= 0.3 is 0 Å². The van der Waals surface area contributed by atoms with Gasteiger partial charge < -0.3 is 14.4 Å². The molecule has 0 N–H and O–H groups in total. The predicted molar refractivity (Wildman–Crippen MR) is 102 cm³/mol. The molecular weight excluding hydrogens is 352 g/mol. The number of anilines is 1. The van der Waals surface area contributed by atoms with E-state index in [1.54, 1.807) is 38.4 Å². The van der Waals surface area contributed by atoms with Gasteiger partial charge in [0.1, 0.15) is 17.6 Å². The first-order valence-electron chi connectivity index (χ1n) is 8.56. The average Bonchev–Trinajstić information content (AvgIpc) is 2.67. The first-order valence-corrected chi connectivity index (χ1v) is 10.0. The van der Waals surface area contributed by atoms with Crippen LogP contribution in [0.4, 0.5) is 5.69 Å². The number of para-hydroxylation sites is 2. The Labute approximate surface area is 155 Å². The van der Waals surface area contributed by atoms with Crippen LogP contribution in [0.15, 0.2) is 53.4 Å². The molecule has 2 aromatic carbocycles. The molecule has 0 aliphatic carbocycles. The normalized spacial score (nSPS) is 16.9. The molecular formula is C19H24N2O4S. The second-order valence-corrected chi connectivity index (χ2v) is 8.25. The third-order valence-corrected chi connectivity index (χ3v) is 6.37. The summed E-state index contributed by atoms with van der Waals surface area (Å²) in [6, 6.07) is 14.2. The Morgan fingerprint density at radius 2 is 1.88 bits per heavy atom. The monoisotopic (exact) mass is 376 g/mol. The summed E-state index contributed by atoms with van der Waals surface area (Å²) in [5, 5.41) is 0. The molecule has 6 nitrogen and oxygen atoms in total. The van der Waals surface area contributed by atoms with E-state index in [2.05, 4.69) is 11.8 Å². The first kappa shape index (κ1) is 18.5. The Balaban J connectivity index is 1.75. The summed E-state index contributed by atoms with van der Waals surface area (Å²) >= 11 is 0. The van der Waals surface area contributed by atoms with Gasteiger partial charge in [0, 0.05) is 13.6 Å². The number of methoxy groups -OCH3 is 1. The van der Waals surface area contributed by atoms with Gasteiger partial charge in [-0.2, -0.15) is 4.31 Å². The maximum absolute atomic E-state index is 12.8. The molecule has 1 heterocycles. The summed E-state index contributed by atoms with van der Waals surface area (Å²) in [4.78, 5) is 2.45. The van der Waals surface area contributed by atoms with Crippen molar-refractivity contribution in [2.24, 2.45) is 0 Å². The van der Waals surface area contributed by atoms with Crippen LogP contribution in [0.2, 0.25) is 0 Å². The third kappa shape index (κ3) is 3.64. The molecule has 26 heavy (non-hydrogen) atoms. The van der Waals surface area contributed by atoms with Crippen molar-refractivity contribution >= 4 is 15.7 Å². The summed E-state index contributed by atoms with van der Waals surface area (Å²) in [5.74, 6) is 1.42. The van der Waals surface area contributed by atoms with Crippen molar-refractivity contribution in [2.75, 3.05) is 38.7 Å². The van der Waals surface area contributed by atoms with Crippen LogP contribution < -0.4 is 14.4 Å². The summed E-state index contributed by atoms with van der Waals surface area (Å²) in [7, 11) is -0.454. The minimum absolute atomic E-state index is 0.233. The van der Waals surface area contributed by atoms with Gasteiger partial charge in [-0.25, -0.2) is 8.42 Å². The van der Waals surface area contributed by atoms with Gasteiger partial charge in [-0.15, -0.1) is 0 Å². The molecule has 1 aliphatic heterocycles. The second kappa shape index (κ2) is 7.55. The van der Waals surface area contributed by atoms with Gasteiger partial charge in [-0.3, -0.25) is 0 Å². The van der Waals surface area contributed by atoms with Crippen LogP contribution in [0.3, 0.4) is 0 Å². The summed E-state index contributed by atoms with van der Waals surface area (Å²) in [6.45, 7) is 3.85. The highest BCUT2D eigenvalue weighted by molar-refractivity contribution is 7.89. The fourth-order valence-corrected chi connectivity index (χ4v) is 4.29. The molecule has 0 aromatic heterocycles. The smallest absolute Gasteiger partial charge is 0.242 e. The Hall–Kier alpha value is -2.25. The summed E-state index contributed by atoms with van der Waals surface area (Å²) in [6.07, 6.45) is -0.233. The van der Waals surface area contributed by atoms with Gasteiger partial charge in [0.15, 0.2) is 0 Å². The van der Waals surface area contributed by atoms with E-state index in [1.807, 2.05) is 24.3 Å². The van der Waals surface area contributed by atoms with E-state index in [0.717, 1.165) is 18.0 Å². The first-order chi connectivity index (χ1) is 12.5. The van der Waals surface area contributed by atoms with Crippen molar-refractivity contribution in [3.8, 4) is 11.5 Å². The van der Waals surface area contributed by atoms with Crippen molar-refractivity contribution in [3.05, 3.63) is 48.5 Å². The topological polar surface area (TPSA) is 59.1 Å². The molecule has 1 unspecified atom stereocenters. The summed E-state index contributed by atoms with van der Waals surface area (Å²) in [5.41, 5.74) is 1.05.